The predicted molar refractivity (Wildman–Crippen MR) is 155 cm³/mol. The van der Waals surface area contributed by atoms with E-state index in [-0.39, 0.29) is 24.2 Å². The smallest absolute Gasteiger partial charge is 0.416 e. The van der Waals surface area contributed by atoms with Gasteiger partial charge in [-0.1, -0.05) is 24.3 Å². The van der Waals surface area contributed by atoms with Crippen molar-refractivity contribution in [1.29, 1.82) is 0 Å². The van der Waals surface area contributed by atoms with E-state index >= 15 is 0 Å². The molecule has 1 aromatic heterocycles. The molecule has 2 heterocycles. The zero-order valence-corrected chi connectivity index (χ0v) is 25.5. The second kappa shape index (κ2) is 12.2. The fourth-order valence-electron chi connectivity index (χ4n) is 5.45. The molecular weight excluding hydrogens is 626 g/mol. The van der Waals surface area contributed by atoms with Gasteiger partial charge >= 0.3 is 18.3 Å². The fraction of sp³-hybridized carbons (Fsp3) is 0.406. The zero-order valence-electron chi connectivity index (χ0n) is 25.5. The molecule has 0 saturated carbocycles. The normalized spacial score (nSPS) is 16.8. The van der Waals surface area contributed by atoms with E-state index in [0.29, 0.717) is 23.3 Å². The fourth-order valence-corrected chi connectivity index (χ4v) is 5.45. The van der Waals surface area contributed by atoms with Crippen LogP contribution in [0.3, 0.4) is 0 Å². The van der Waals surface area contributed by atoms with Crippen LogP contribution in [0.15, 0.2) is 54.7 Å². The maximum atomic E-state index is 14.5. The molecule has 1 amide bonds. The Balaban J connectivity index is 1.82. The lowest BCUT2D eigenvalue weighted by molar-refractivity contribution is -0.144. The first-order valence-corrected chi connectivity index (χ1v) is 14.0. The van der Waals surface area contributed by atoms with Gasteiger partial charge in [-0.25, -0.2) is 13.8 Å². The Hall–Kier alpha value is -4.23. The standard InChI is InChI=1S/C32H31F8N3O3/c1-18-8-6-7-9-24(18)25-13-27(43-17-30(33,34)14-23(43)16-46-19(2)44)41-15-26(25)42(5)28(45)29(3,4)20-10-21(31(35,36)37)12-22(11-20)32(38,39)40/h6-13,15,23H,14,16-17H2,1-5H3/t23-/m0/s1. The lowest BCUT2D eigenvalue weighted by Gasteiger charge is -2.32. The number of halogens is 8. The van der Waals surface area contributed by atoms with E-state index in [1.54, 1.807) is 31.2 Å². The monoisotopic (exact) mass is 657 g/mol. The summed E-state index contributed by atoms with van der Waals surface area (Å²) < 4.78 is 116. The zero-order chi connectivity index (χ0) is 34.4. The first-order chi connectivity index (χ1) is 21.1. The van der Waals surface area contributed by atoms with E-state index in [1.165, 1.54) is 38.1 Å². The number of amides is 1. The van der Waals surface area contributed by atoms with Gasteiger partial charge in [0.05, 0.1) is 41.0 Å². The third-order valence-corrected chi connectivity index (χ3v) is 7.96. The minimum absolute atomic E-state index is 0.0106. The molecule has 0 aliphatic carbocycles. The highest BCUT2D eigenvalue weighted by molar-refractivity contribution is 6.03. The highest BCUT2D eigenvalue weighted by Crippen LogP contribution is 2.42. The summed E-state index contributed by atoms with van der Waals surface area (Å²) in [7, 11) is 1.30. The Morgan fingerprint density at radius 3 is 2.07 bits per heavy atom. The molecule has 3 aromatic rings. The van der Waals surface area contributed by atoms with E-state index in [2.05, 4.69) is 4.98 Å². The van der Waals surface area contributed by atoms with E-state index in [4.69, 9.17) is 4.74 Å². The Morgan fingerprint density at radius 2 is 1.52 bits per heavy atom. The van der Waals surface area contributed by atoms with E-state index < -0.39 is 71.3 Å². The van der Waals surface area contributed by atoms with Crippen molar-refractivity contribution in [2.75, 3.05) is 30.0 Å². The Morgan fingerprint density at radius 1 is 0.957 bits per heavy atom. The van der Waals surface area contributed by atoms with Crippen LogP contribution in [0.4, 0.5) is 46.6 Å². The third-order valence-electron chi connectivity index (χ3n) is 7.96. The van der Waals surface area contributed by atoms with E-state index in [9.17, 15) is 44.7 Å². The van der Waals surface area contributed by atoms with Crippen molar-refractivity contribution in [3.05, 3.63) is 77.0 Å². The van der Waals surface area contributed by atoms with Gasteiger partial charge in [-0.15, -0.1) is 0 Å². The van der Waals surface area contributed by atoms with Crippen LogP contribution >= 0.6 is 0 Å². The number of aryl methyl sites for hydroxylation is 1. The van der Waals surface area contributed by atoms with E-state index in [1.807, 2.05) is 0 Å². The quantitative estimate of drug-likeness (QED) is 0.192. The number of ether oxygens (including phenoxy) is 1. The van der Waals surface area contributed by atoms with Gasteiger partial charge in [0.1, 0.15) is 12.4 Å². The van der Waals surface area contributed by atoms with Crippen molar-refractivity contribution in [3.8, 4) is 11.1 Å². The van der Waals surface area contributed by atoms with Gasteiger partial charge in [0, 0.05) is 26.0 Å². The molecule has 1 fully saturated rings. The van der Waals surface area contributed by atoms with Gasteiger partial charge in [-0.3, -0.25) is 9.59 Å². The van der Waals surface area contributed by atoms with Crippen molar-refractivity contribution in [2.45, 2.75) is 63.8 Å². The third kappa shape index (κ3) is 7.26. The van der Waals surface area contributed by atoms with Crippen LogP contribution in [0, 0.1) is 6.92 Å². The van der Waals surface area contributed by atoms with E-state index in [0.717, 1.165) is 17.4 Å². The summed E-state index contributed by atoms with van der Waals surface area (Å²) in [4.78, 5) is 32.0. The number of rotatable bonds is 7. The maximum Gasteiger partial charge on any atom is 0.416 e. The van der Waals surface area contributed by atoms with Gasteiger partial charge < -0.3 is 14.5 Å². The molecule has 1 aliphatic heterocycles. The van der Waals surface area contributed by atoms with Crippen molar-refractivity contribution < 1.29 is 49.4 Å². The molecule has 14 heteroatoms. The number of benzene rings is 2. The average molecular weight is 658 g/mol. The Kier molecular flexibility index (Phi) is 9.17. The van der Waals surface area contributed by atoms with Gasteiger partial charge in [-0.2, -0.15) is 26.3 Å². The summed E-state index contributed by atoms with van der Waals surface area (Å²) in [5.74, 6) is -4.54. The van der Waals surface area contributed by atoms with Crippen LogP contribution in [0.2, 0.25) is 0 Å². The first kappa shape index (κ1) is 34.6. The first-order valence-electron chi connectivity index (χ1n) is 14.0. The minimum Gasteiger partial charge on any atom is -0.464 e. The topological polar surface area (TPSA) is 62.7 Å². The number of nitrogens with zero attached hydrogens (tertiary/aromatic N) is 3. The van der Waals surface area contributed by atoms with Crippen LogP contribution in [0.1, 0.15) is 49.4 Å². The molecule has 1 aliphatic rings. The molecule has 46 heavy (non-hydrogen) atoms. The Bertz CT molecular complexity index is 1600. The molecule has 4 rings (SSSR count). The molecule has 0 unspecified atom stereocenters. The summed E-state index contributed by atoms with van der Waals surface area (Å²) in [6.07, 6.45) is -9.60. The SMILES string of the molecule is CC(=O)OC[C@@H]1CC(F)(F)CN1c1cc(-c2ccccc2C)c(N(C)C(=O)C(C)(C)c2cc(C(F)(F)F)cc(C(F)(F)F)c2)cn1. The van der Waals surface area contributed by atoms with Crippen LogP contribution < -0.4 is 9.80 Å². The summed E-state index contributed by atoms with van der Waals surface area (Å²) >= 11 is 0. The summed E-state index contributed by atoms with van der Waals surface area (Å²) in [6, 6.07) is 8.50. The second-order valence-electron chi connectivity index (χ2n) is 11.8. The average Bonchev–Trinajstić information content (AvgIpc) is 3.28. The number of alkyl halides is 8. The molecule has 2 aromatic carbocycles. The predicted octanol–water partition coefficient (Wildman–Crippen LogP) is 7.81. The molecule has 6 nitrogen and oxygen atoms in total. The lowest BCUT2D eigenvalue weighted by Crippen LogP contribution is -2.42. The number of esters is 1. The molecule has 0 N–H and O–H groups in total. The van der Waals surface area contributed by atoms with Gasteiger partial charge in [0.2, 0.25) is 5.91 Å². The summed E-state index contributed by atoms with van der Waals surface area (Å²) in [5, 5.41) is 0. The number of likely N-dealkylation sites (N-methyl/N-ethyl adjacent to an activating group) is 1. The van der Waals surface area contributed by atoms with Crippen molar-refractivity contribution in [3.63, 3.8) is 0 Å². The second-order valence-corrected chi connectivity index (χ2v) is 11.8. The molecule has 0 spiro atoms. The molecule has 1 atom stereocenters. The minimum atomic E-state index is -5.11. The van der Waals surface area contributed by atoms with Crippen LogP contribution in [0.25, 0.3) is 11.1 Å². The van der Waals surface area contributed by atoms with Crippen molar-refractivity contribution in [2.24, 2.45) is 0 Å². The maximum absolute atomic E-state index is 14.5. The summed E-state index contributed by atoms with van der Waals surface area (Å²) in [5.41, 5.74) is -3.77. The lowest BCUT2D eigenvalue weighted by atomic mass is 9.81. The van der Waals surface area contributed by atoms with Crippen LogP contribution in [-0.4, -0.2) is 49.0 Å². The highest BCUT2D eigenvalue weighted by Gasteiger charge is 2.46. The summed E-state index contributed by atoms with van der Waals surface area (Å²) in [6.45, 7) is 4.29. The van der Waals surface area contributed by atoms with Crippen molar-refractivity contribution in [1.82, 2.24) is 4.98 Å². The molecule has 1 saturated heterocycles. The van der Waals surface area contributed by atoms with Gasteiger partial charge in [0.15, 0.2) is 0 Å². The number of pyridine rings is 1. The number of aromatic nitrogens is 1. The van der Waals surface area contributed by atoms with Gasteiger partial charge in [0.25, 0.3) is 5.92 Å². The number of carbonyl (C=O) groups excluding carboxylic acids is 2. The number of hydrogen-bond donors (Lipinski definition) is 0. The molecule has 248 valence electrons. The number of carbonyl (C=O) groups is 2. The van der Waals surface area contributed by atoms with Crippen LogP contribution in [0.5, 0.6) is 0 Å². The largest absolute Gasteiger partial charge is 0.464 e. The highest BCUT2D eigenvalue weighted by atomic mass is 19.4. The molecule has 0 radical (unpaired) electrons. The van der Waals surface area contributed by atoms with Gasteiger partial charge in [-0.05, 0) is 61.7 Å². The van der Waals surface area contributed by atoms with Crippen LogP contribution in [-0.2, 0) is 32.1 Å². The molecular formula is C32H31F8N3O3. The number of hydrogen-bond acceptors (Lipinski definition) is 5. The number of anilines is 2. The Labute approximate surface area is 260 Å². The van der Waals surface area contributed by atoms with Crippen molar-refractivity contribution >= 4 is 23.4 Å². The molecule has 0 bridgehead atoms.